The molecule has 218 valence electrons. The Labute approximate surface area is 235 Å². The predicted molar refractivity (Wildman–Crippen MR) is 161 cm³/mol. The molecule has 1 aromatic rings. The lowest BCUT2D eigenvalue weighted by molar-refractivity contribution is 0.247. The second kappa shape index (κ2) is 18.4. The standard InChI is InChI=1S/C36H60F2/c1-3-5-7-9-11-13-29-15-19-31(20-16-29)23-25-33-27-28-34(36(38)35(33)37)26-24-32-21-17-30(18-22-32)14-12-10-8-6-4-2/h27-32H,3-26H2,1-2H3. The Balaban J connectivity index is 1.31. The molecular weight excluding hydrogens is 470 g/mol. The summed E-state index contributed by atoms with van der Waals surface area (Å²) in [6.45, 7) is 4.55. The molecular formula is C36H60F2. The summed E-state index contributed by atoms with van der Waals surface area (Å²) >= 11 is 0. The highest BCUT2D eigenvalue weighted by Crippen LogP contribution is 2.36. The van der Waals surface area contributed by atoms with Gasteiger partial charge in [-0.05, 0) is 60.5 Å². The summed E-state index contributed by atoms with van der Waals surface area (Å²) in [7, 11) is 0. The molecule has 0 N–H and O–H groups in total. The van der Waals surface area contributed by atoms with Crippen molar-refractivity contribution in [2.24, 2.45) is 23.7 Å². The molecule has 0 aliphatic heterocycles. The summed E-state index contributed by atoms with van der Waals surface area (Å²) in [6, 6.07) is 3.79. The summed E-state index contributed by atoms with van der Waals surface area (Å²) in [6.07, 6.45) is 30.5. The second-order valence-electron chi connectivity index (χ2n) is 13.3. The molecule has 0 atom stereocenters. The zero-order valence-corrected chi connectivity index (χ0v) is 25.2. The van der Waals surface area contributed by atoms with E-state index >= 15 is 0 Å². The van der Waals surface area contributed by atoms with Gasteiger partial charge in [-0.3, -0.25) is 0 Å². The Morgan fingerprint density at radius 2 is 0.789 bits per heavy atom. The van der Waals surface area contributed by atoms with Crippen LogP contribution in [-0.4, -0.2) is 0 Å². The molecule has 0 nitrogen and oxygen atoms in total. The van der Waals surface area contributed by atoms with Gasteiger partial charge in [-0.25, -0.2) is 8.78 Å². The molecule has 2 saturated carbocycles. The van der Waals surface area contributed by atoms with Gasteiger partial charge in [0.15, 0.2) is 11.6 Å². The Morgan fingerprint density at radius 1 is 0.474 bits per heavy atom. The molecule has 0 heterocycles. The average molecular weight is 531 g/mol. The average Bonchev–Trinajstić information content (AvgIpc) is 2.94. The minimum Gasteiger partial charge on any atom is -0.203 e. The molecule has 2 fully saturated rings. The highest BCUT2D eigenvalue weighted by molar-refractivity contribution is 5.27. The van der Waals surface area contributed by atoms with Crippen LogP contribution in [0.4, 0.5) is 8.78 Å². The lowest BCUT2D eigenvalue weighted by Crippen LogP contribution is -2.16. The van der Waals surface area contributed by atoms with Crippen LogP contribution in [0.1, 0.15) is 166 Å². The van der Waals surface area contributed by atoms with Crippen LogP contribution in [0.25, 0.3) is 0 Å². The minimum absolute atomic E-state index is 0.560. The third-order valence-corrected chi connectivity index (χ3v) is 10.3. The van der Waals surface area contributed by atoms with Gasteiger partial charge in [-0.2, -0.15) is 0 Å². The van der Waals surface area contributed by atoms with Gasteiger partial charge in [-0.15, -0.1) is 0 Å². The maximum Gasteiger partial charge on any atom is 0.162 e. The highest BCUT2D eigenvalue weighted by Gasteiger charge is 2.23. The Hall–Kier alpha value is -0.920. The SMILES string of the molecule is CCCCCCCC1CCC(CCc2ccc(CCC3CCC(CCCCCCC)CC3)c(F)c2F)CC1. The van der Waals surface area contributed by atoms with Crippen molar-refractivity contribution in [3.63, 3.8) is 0 Å². The molecule has 0 aromatic heterocycles. The van der Waals surface area contributed by atoms with Crippen molar-refractivity contribution in [3.05, 3.63) is 34.9 Å². The molecule has 0 spiro atoms. The van der Waals surface area contributed by atoms with E-state index in [1.807, 2.05) is 12.1 Å². The van der Waals surface area contributed by atoms with Gasteiger partial charge < -0.3 is 0 Å². The van der Waals surface area contributed by atoms with E-state index in [9.17, 15) is 8.78 Å². The van der Waals surface area contributed by atoms with Crippen LogP contribution >= 0.6 is 0 Å². The molecule has 0 saturated heterocycles. The maximum atomic E-state index is 14.9. The first-order valence-corrected chi connectivity index (χ1v) is 17.1. The summed E-state index contributed by atoms with van der Waals surface area (Å²) < 4.78 is 29.9. The first-order valence-electron chi connectivity index (χ1n) is 17.1. The first kappa shape index (κ1) is 31.6. The van der Waals surface area contributed by atoms with E-state index in [-0.39, 0.29) is 0 Å². The molecule has 2 heteroatoms. The Kier molecular flexibility index (Phi) is 15.3. The van der Waals surface area contributed by atoms with Gasteiger partial charge in [0.25, 0.3) is 0 Å². The molecule has 38 heavy (non-hydrogen) atoms. The molecule has 2 aliphatic carbocycles. The second-order valence-corrected chi connectivity index (χ2v) is 13.3. The van der Waals surface area contributed by atoms with Gasteiger partial charge in [-0.1, -0.05) is 154 Å². The van der Waals surface area contributed by atoms with Crippen LogP contribution in [0, 0.1) is 35.3 Å². The minimum atomic E-state index is -0.560. The lowest BCUT2D eigenvalue weighted by Gasteiger charge is -2.29. The van der Waals surface area contributed by atoms with E-state index in [0.29, 0.717) is 35.8 Å². The van der Waals surface area contributed by atoms with E-state index in [1.54, 1.807) is 0 Å². The fourth-order valence-corrected chi connectivity index (χ4v) is 7.43. The number of halogens is 2. The number of aryl methyl sites for hydroxylation is 2. The highest BCUT2D eigenvalue weighted by atomic mass is 19.2. The van der Waals surface area contributed by atoms with E-state index in [4.69, 9.17) is 0 Å². The molecule has 1 aromatic carbocycles. The van der Waals surface area contributed by atoms with Crippen molar-refractivity contribution in [1.29, 1.82) is 0 Å². The van der Waals surface area contributed by atoms with E-state index in [0.717, 1.165) is 24.7 Å². The molecule has 0 unspecified atom stereocenters. The largest absolute Gasteiger partial charge is 0.203 e. The smallest absolute Gasteiger partial charge is 0.162 e. The summed E-state index contributed by atoms with van der Waals surface area (Å²) in [5.41, 5.74) is 1.20. The lowest BCUT2D eigenvalue weighted by atomic mass is 9.77. The Bertz CT molecular complexity index is 677. The van der Waals surface area contributed by atoms with Crippen LogP contribution in [0.15, 0.2) is 12.1 Å². The fourth-order valence-electron chi connectivity index (χ4n) is 7.43. The normalized spacial score (nSPS) is 24.1. The summed E-state index contributed by atoms with van der Waals surface area (Å²) in [5.74, 6) is 2.09. The fraction of sp³-hybridized carbons (Fsp3) is 0.833. The molecule has 0 bridgehead atoms. The number of rotatable bonds is 18. The van der Waals surface area contributed by atoms with Crippen LogP contribution < -0.4 is 0 Å². The number of hydrogen-bond donors (Lipinski definition) is 0. The van der Waals surface area contributed by atoms with E-state index in [1.165, 1.54) is 128 Å². The van der Waals surface area contributed by atoms with Crippen molar-refractivity contribution in [3.8, 4) is 0 Å². The topological polar surface area (TPSA) is 0 Å². The third kappa shape index (κ3) is 11.3. The molecule has 0 amide bonds. The summed E-state index contributed by atoms with van der Waals surface area (Å²) in [4.78, 5) is 0. The van der Waals surface area contributed by atoms with Crippen LogP contribution in [-0.2, 0) is 12.8 Å². The van der Waals surface area contributed by atoms with Gasteiger partial charge in [0.05, 0.1) is 0 Å². The zero-order chi connectivity index (χ0) is 27.0. The van der Waals surface area contributed by atoms with Crippen LogP contribution in [0.3, 0.4) is 0 Å². The molecule has 3 rings (SSSR count). The van der Waals surface area contributed by atoms with Crippen molar-refractivity contribution < 1.29 is 8.78 Å². The Morgan fingerprint density at radius 3 is 1.13 bits per heavy atom. The van der Waals surface area contributed by atoms with E-state index < -0.39 is 11.6 Å². The number of hydrogen-bond acceptors (Lipinski definition) is 0. The van der Waals surface area contributed by atoms with Crippen molar-refractivity contribution in [2.75, 3.05) is 0 Å². The third-order valence-electron chi connectivity index (χ3n) is 10.3. The maximum absolute atomic E-state index is 14.9. The first-order chi connectivity index (χ1) is 18.6. The monoisotopic (exact) mass is 530 g/mol. The van der Waals surface area contributed by atoms with Crippen LogP contribution in [0.2, 0.25) is 0 Å². The van der Waals surface area contributed by atoms with Crippen molar-refractivity contribution in [2.45, 2.75) is 168 Å². The molecule has 0 radical (unpaired) electrons. The van der Waals surface area contributed by atoms with Gasteiger partial charge in [0.2, 0.25) is 0 Å². The van der Waals surface area contributed by atoms with Crippen molar-refractivity contribution >= 4 is 0 Å². The number of benzene rings is 1. The number of unbranched alkanes of at least 4 members (excludes halogenated alkanes) is 8. The van der Waals surface area contributed by atoms with Crippen LogP contribution in [0.5, 0.6) is 0 Å². The zero-order valence-electron chi connectivity index (χ0n) is 25.2. The van der Waals surface area contributed by atoms with Gasteiger partial charge >= 0.3 is 0 Å². The van der Waals surface area contributed by atoms with Crippen molar-refractivity contribution in [1.82, 2.24) is 0 Å². The summed E-state index contributed by atoms with van der Waals surface area (Å²) in [5, 5.41) is 0. The predicted octanol–water partition coefficient (Wildman–Crippen LogP) is 12.2. The quantitative estimate of drug-likeness (QED) is 0.166. The molecule has 2 aliphatic rings. The van der Waals surface area contributed by atoms with Gasteiger partial charge in [0, 0.05) is 0 Å². The van der Waals surface area contributed by atoms with E-state index in [2.05, 4.69) is 13.8 Å². The van der Waals surface area contributed by atoms with Gasteiger partial charge in [0.1, 0.15) is 0 Å².